The summed E-state index contributed by atoms with van der Waals surface area (Å²) in [6.07, 6.45) is 0.00170. The highest BCUT2D eigenvalue weighted by atomic mass is 35.5. The number of aliphatic hydroxyl groups excluding tert-OH is 2. The van der Waals surface area contributed by atoms with Gasteiger partial charge in [-0.3, -0.25) is 0 Å². The molecule has 0 aliphatic carbocycles. The van der Waals surface area contributed by atoms with Crippen LogP contribution in [0, 0.1) is 0 Å². The number of rotatable bonds is 5. The van der Waals surface area contributed by atoms with E-state index in [0.717, 1.165) is 0 Å². The number of aromatic nitrogens is 1. The molecule has 0 bridgehead atoms. The molecule has 16 heavy (non-hydrogen) atoms. The minimum Gasteiger partial charge on any atom is -0.396 e. The minimum atomic E-state index is -1.000. The van der Waals surface area contributed by atoms with Crippen molar-refractivity contribution < 1.29 is 10.2 Å². The van der Waals surface area contributed by atoms with Crippen LogP contribution in [0.4, 0.5) is 5.69 Å². The Kier molecular flexibility index (Phi) is 4.95. The quantitative estimate of drug-likeness (QED) is 0.561. The zero-order valence-corrected chi connectivity index (χ0v) is 9.78. The topological polar surface area (TPSA) is 91.4 Å². The number of anilines is 1. The molecule has 0 fully saturated rings. The van der Waals surface area contributed by atoms with Crippen LogP contribution in [0.15, 0.2) is 12.3 Å². The summed E-state index contributed by atoms with van der Waals surface area (Å²) in [5.41, 5.74) is 6.31. The summed E-state index contributed by atoms with van der Waals surface area (Å²) in [4.78, 5) is 3.82. The van der Waals surface area contributed by atoms with Crippen LogP contribution in [-0.2, 0) is 0 Å². The van der Waals surface area contributed by atoms with Gasteiger partial charge in [0.25, 0.3) is 0 Å². The number of nitrogen functional groups attached to an aromatic ring is 1. The van der Waals surface area contributed by atoms with Gasteiger partial charge in [0.2, 0.25) is 0 Å². The van der Waals surface area contributed by atoms with Gasteiger partial charge in [0, 0.05) is 11.8 Å². The number of nitrogens with zero attached hydrogens (tertiary/aromatic N) is 1. The lowest BCUT2D eigenvalue weighted by Gasteiger charge is -2.18. The molecule has 0 radical (unpaired) electrons. The largest absolute Gasteiger partial charge is 0.396 e. The van der Waals surface area contributed by atoms with Crippen LogP contribution >= 0.6 is 11.6 Å². The minimum absolute atomic E-state index is 0.195. The van der Waals surface area contributed by atoms with E-state index in [2.05, 4.69) is 10.3 Å². The Bertz CT molecular complexity index is 349. The van der Waals surface area contributed by atoms with E-state index in [4.69, 9.17) is 17.3 Å². The normalized spacial score (nSPS) is 14.8. The first kappa shape index (κ1) is 13.2. The second-order valence-electron chi connectivity index (χ2n) is 3.55. The molecular formula is C10H16ClN3O2. The van der Waals surface area contributed by atoms with Gasteiger partial charge < -0.3 is 21.3 Å². The number of nitrogens with one attached hydrogen (secondary N) is 1. The van der Waals surface area contributed by atoms with E-state index in [1.165, 1.54) is 12.3 Å². The number of aliphatic hydroxyl groups is 2. The van der Waals surface area contributed by atoms with Gasteiger partial charge in [-0.1, -0.05) is 11.6 Å². The van der Waals surface area contributed by atoms with E-state index in [9.17, 15) is 10.2 Å². The van der Waals surface area contributed by atoms with Crippen molar-refractivity contribution in [2.45, 2.75) is 18.6 Å². The van der Waals surface area contributed by atoms with Crippen LogP contribution in [-0.4, -0.2) is 34.9 Å². The summed E-state index contributed by atoms with van der Waals surface area (Å²) in [7, 11) is 1.78. The van der Waals surface area contributed by atoms with Crippen molar-refractivity contribution in [3.05, 3.63) is 23.0 Å². The molecule has 0 saturated heterocycles. The Morgan fingerprint density at radius 3 is 2.81 bits per heavy atom. The molecule has 5 N–H and O–H groups in total. The summed E-state index contributed by atoms with van der Waals surface area (Å²) in [5.74, 6) is 0. The second kappa shape index (κ2) is 6.00. The van der Waals surface area contributed by atoms with Gasteiger partial charge in [0.1, 0.15) is 6.10 Å². The summed E-state index contributed by atoms with van der Waals surface area (Å²) in [6, 6.07) is 1.52. The lowest BCUT2D eigenvalue weighted by Crippen LogP contribution is -2.23. The highest BCUT2D eigenvalue weighted by molar-refractivity contribution is 6.31. The Morgan fingerprint density at radius 1 is 1.56 bits per heavy atom. The van der Waals surface area contributed by atoms with Gasteiger partial charge >= 0.3 is 0 Å². The third kappa shape index (κ3) is 3.31. The molecule has 0 aliphatic rings. The highest BCUT2D eigenvalue weighted by Gasteiger charge is 2.18. The summed E-state index contributed by atoms with van der Waals surface area (Å²) < 4.78 is 0. The third-order valence-corrected chi connectivity index (χ3v) is 2.60. The highest BCUT2D eigenvalue weighted by Crippen LogP contribution is 2.23. The molecule has 90 valence electrons. The molecule has 0 aromatic carbocycles. The van der Waals surface area contributed by atoms with Crippen molar-refractivity contribution in [3.8, 4) is 0 Å². The zero-order chi connectivity index (χ0) is 12.1. The Labute approximate surface area is 99.3 Å². The lowest BCUT2D eigenvalue weighted by atomic mass is 10.0. The van der Waals surface area contributed by atoms with Crippen molar-refractivity contribution in [1.82, 2.24) is 10.3 Å². The molecule has 0 amide bonds. The fourth-order valence-electron chi connectivity index (χ4n) is 1.32. The summed E-state index contributed by atoms with van der Waals surface area (Å²) in [5, 5.41) is 22.6. The van der Waals surface area contributed by atoms with E-state index in [0.29, 0.717) is 24.2 Å². The monoisotopic (exact) mass is 245 g/mol. The predicted molar refractivity (Wildman–Crippen MR) is 63.2 cm³/mol. The fourth-order valence-corrected chi connectivity index (χ4v) is 1.42. The molecule has 0 spiro atoms. The molecule has 6 heteroatoms. The Balaban J connectivity index is 2.71. The van der Waals surface area contributed by atoms with Gasteiger partial charge in [-0.15, -0.1) is 0 Å². The average molecular weight is 246 g/mol. The van der Waals surface area contributed by atoms with E-state index < -0.39 is 12.2 Å². The second-order valence-corrected chi connectivity index (χ2v) is 3.91. The Morgan fingerprint density at radius 2 is 2.25 bits per heavy atom. The summed E-state index contributed by atoms with van der Waals surface area (Å²) in [6.45, 7) is 0.620. The van der Waals surface area contributed by atoms with Crippen LogP contribution in [0.25, 0.3) is 0 Å². The van der Waals surface area contributed by atoms with Crippen LogP contribution in [0.2, 0.25) is 5.15 Å². The fraction of sp³-hybridized carbons (Fsp3) is 0.500. The van der Waals surface area contributed by atoms with Crippen LogP contribution in [0.5, 0.6) is 0 Å². The molecule has 1 heterocycles. The number of hydrogen-bond donors (Lipinski definition) is 4. The van der Waals surface area contributed by atoms with Gasteiger partial charge in [0.15, 0.2) is 5.15 Å². The summed E-state index contributed by atoms with van der Waals surface area (Å²) >= 11 is 5.66. The van der Waals surface area contributed by atoms with Gasteiger partial charge in [0.05, 0.1) is 11.8 Å². The molecule has 2 atom stereocenters. The van der Waals surface area contributed by atoms with Crippen molar-refractivity contribution in [3.63, 3.8) is 0 Å². The molecule has 5 nitrogen and oxygen atoms in total. The molecule has 2 unspecified atom stereocenters. The van der Waals surface area contributed by atoms with E-state index in [1.807, 2.05) is 0 Å². The number of hydrogen-bond acceptors (Lipinski definition) is 5. The number of nitrogens with two attached hydrogens (primary N) is 1. The van der Waals surface area contributed by atoms with Gasteiger partial charge in [-0.05, 0) is 26.1 Å². The first-order valence-electron chi connectivity index (χ1n) is 4.98. The van der Waals surface area contributed by atoms with Crippen molar-refractivity contribution in [2.75, 3.05) is 19.3 Å². The SMILES string of the molecule is CNCCC(O)C(O)c1cnc(Cl)c(N)c1. The predicted octanol–water partition coefficient (Wildman–Crippen LogP) is 0.321. The average Bonchev–Trinajstić information content (AvgIpc) is 2.28. The molecule has 0 aliphatic heterocycles. The molecule has 1 aromatic rings. The molecule has 1 rings (SSSR count). The number of halogens is 1. The maximum absolute atomic E-state index is 9.81. The van der Waals surface area contributed by atoms with Crippen molar-refractivity contribution >= 4 is 17.3 Å². The Hall–Kier alpha value is -0.880. The molecule has 1 aromatic heterocycles. The standard InChI is InChI=1S/C10H16ClN3O2/c1-13-3-2-8(15)9(16)6-4-7(12)10(11)14-5-6/h4-5,8-9,13,15-16H,2-3,12H2,1H3. The molecule has 0 saturated carbocycles. The smallest absolute Gasteiger partial charge is 0.151 e. The molecular weight excluding hydrogens is 230 g/mol. The van der Waals surface area contributed by atoms with E-state index in [1.54, 1.807) is 7.05 Å². The maximum atomic E-state index is 9.81. The van der Waals surface area contributed by atoms with Crippen LogP contribution in [0.3, 0.4) is 0 Å². The van der Waals surface area contributed by atoms with Crippen LogP contribution in [0.1, 0.15) is 18.1 Å². The maximum Gasteiger partial charge on any atom is 0.151 e. The van der Waals surface area contributed by atoms with Crippen molar-refractivity contribution in [2.24, 2.45) is 0 Å². The number of pyridine rings is 1. The van der Waals surface area contributed by atoms with E-state index in [-0.39, 0.29) is 5.15 Å². The first-order chi connectivity index (χ1) is 7.56. The third-order valence-electron chi connectivity index (χ3n) is 2.28. The lowest BCUT2D eigenvalue weighted by molar-refractivity contribution is 0.0139. The van der Waals surface area contributed by atoms with E-state index >= 15 is 0 Å². The first-order valence-corrected chi connectivity index (χ1v) is 5.35. The van der Waals surface area contributed by atoms with Crippen LogP contribution < -0.4 is 11.1 Å². The zero-order valence-electron chi connectivity index (χ0n) is 9.02. The van der Waals surface area contributed by atoms with Gasteiger partial charge in [-0.2, -0.15) is 0 Å². The van der Waals surface area contributed by atoms with Crippen molar-refractivity contribution in [1.29, 1.82) is 0 Å². The van der Waals surface area contributed by atoms with Gasteiger partial charge in [-0.25, -0.2) is 4.98 Å².